The molecule has 7 heteroatoms. The zero-order valence-corrected chi connectivity index (χ0v) is 12.5. The van der Waals surface area contributed by atoms with Crippen LogP contribution in [0.3, 0.4) is 0 Å². The average Bonchev–Trinajstić information content (AvgIpc) is 2.93. The number of nitrogens with two attached hydrogens (primary N) is 2. The molecule has 0 saturated heterocycles. The molecule has 0 amide bonds. The van der Waals surface area contributed by atoms with Gasteiger partial charge in [0.25, 0.3) is 0 Å². The lowest BCUT2D eigenvalue weighted by Gasteiger charge is -2.04. The van der Waals surface area contributed by atoms with E-state index in [0.29, 0.717) is 28.1 Å². The second-order valence-corrected chi connectivity index (χ2v) is 5.30. The number of nitrogen functional groups attached to an aromatic ring is 2. The summed E-state index contributed by atoms with van der Waals surface area (Å²) in [5.41, 5.74) is 8.35. The third-order valence-electron chi connectivity index (χ3n) is 3.71. The highest BCUT2D eigenvalue weighted by Crippen LogP contribution is 2.31. The van der Waals surface area contributed by atoms with Crippen molar-refractivity contribution in [2.75, 3.05) is 11.6 Å². The summed E-state index contributed by atoms with van der Waals surface area (Å²) in [6, 6.07) is 15.5. The van der Waals surface area contributed by atoms with E-state index in [1.165, 1.54) is 12.1 Å². The van der Waals surface area contributed by atoms with Gasteiger partial charge < -0.3 is 11.6 Å². The number of hydrogen-bond acceptors (Lipinski definition) is 5. The molecule has 0 aliphatic carbocycles. The summed E-state index contributed by atoms with van der Waals surface area (Å²) < 4.78 is 13.5. The van der Waals surface area contributed by atoms with Crippen LogP contribution in [0.2, 0.25) is 0 Å². The molecule has 24 heavy (non-hydrogen) atoms. The predicted octanol–water partition coefficient (Wildman–Crippen LogP) is 2.60. The molecule has 0 saturated carbocycles. The maximum Gasteiger partial charge on any atom is 0.186 e. The molecule has 0 fully saturated rings. The monoisotopic (exact) mass is 320 g/mol. The maximum absolute atomic E-state index is 13.5. The van der Waals surface area contributed by atoms with Crippen LogP contribution in [0.1, 0.15) is 0 Å². The molecule has 6 nitrogen and oxygen atoms in total. The maximum atomic E-state index is 13.5. The first-order valence-electron chi connectivity index (χ1n) is 7.26. The van der Waals surface area contributed by atoms with Gasteiger partial charge in [0.05, 0.1) is 5.39 Å². The standard InChI is InChI=1S/C17H13FN6/c18-12-8-4-7-11(9-12)14-13-15(19)21-16(10-5-2-1-3-6-10)22-17(13)24(20)23-14/h1-9H,20H2,(H2,19,21,22). The van der Waals surface area contributed by atoms with Crippen LogP contribution in [0.15, 0.2) is 54.6 Å². The zero-order valence-electron chi connectivity index (χ0n) is 12.5. The fourth-order valence-corrected chi connectivity index (χ4v) is 2.62. The van der Waals surface area contributed by atoms with Crippen LogP contribution in [0, 0.1) is 5.82 Å². The number of aromatic nitrogens is 4. The van der Waals surface area contributed by atoms with Crippen LogP contribution < -0.4 is 11.6 Å². The first kappa shape index (κ1) is 14.1. The summed E-state index contributed by atoms with van der Waals surface area (Å²) >= 11 is 0. The Balaban J connectivity index is 1.97. The summed E-state index contributed by atoms with van der Waals surface area (Å²) in [7, 11) is 0. The molecule has 0 radical (unpaired) electrons. The average molecular weight is 320 g/mol. The second-order valence-electron chi connectivity index (χ2n) is 5.30. The molecular weight excluding hydrogens is 307 g/mol. The van der Waals surface area contributed by atoms with E-state index in [9.17, 15) is 4.39 Å². The van der Waals surface area contributed by atoms with E-state index in [1.54, 1.807) is 12.1 Å². The second kappa shape index (κ2) is 5.31. The van der Waals surface area contributed by atoms with E-state index >= 15 is 0 Å². The van der Waals surface area contributed by atoms with Crippen molar-refractivity contribution in [3.8, 4) is 22.6 Å². The lowest BCUT2D eigenvalue weighted by atomic mass is 10.1. The topological polar surface area (TPSA) is 95.6 Å². The van der Waals surface area contributed by atoms with Gasteiger partial charge in [0.1, 0.15) is 17.3 Å². The van der Waals surface area contributed by atoms with Crippen molar-refractivity contribution in [2.45, 2.75) is 0 Å². The molecular formula is C17H13FN6. The molecule has 0 unspecified atom stereocenters. The quantitative estimate of drug-likeness (QED) is 0.553. The van der Waals surface area contributed by atoms with Gasteiger partial charge in [-0.3, -0.25) is 0 Å². The molecule has 2 heterocycles. The van der Waals surface area contributed by atoms with Gasteiger partial charge in [0.2, 0.25) is 0 Å². The minimum Gasteiger partial charge on any atom is -0.383 e. The van der Waals surface area contributed by atoms with E-state index < -0.39 is 0 Å². The van der Waals surface area contributed by atoms with Gasteiger partial charge in [-0.2, -0.15) is 4.79 Å². The van der Waals surface area contributed by atoms with E-state index in [2.05, 4.69) is 15.1 Å². The lowest BCUT2D eigenvalue weighted by molar-refractivity contribution is 0.628. The van der Waals surface area contributed by atoms with Gasteiger partial charge in [0.15, 0.2) is 11.5 Å². The first-order chi connectivity index (χ1) is 11.6. The van der Waals surface area contributed by atoms with Crippen LogP contribution >= 0.6 is 0 Å². The molecule has 2 aromatic heterocycles. The Hall–Kier alpha value is -3.48. The molecule has 4 N–H and O–H groups in total. The number of nitrogens with zero attached hydrogens (tertiary/aromatic N) is 4. The van der Waals surface area contributed by atoms with Crippen LogP contribution in [0.4, 0.5) is 10.2 Å². The molecule has 0 bridgehead atoms. The summed E-state index contributed by atoms with van der Waals surface area (Å²) in [6.45, 7) is 0. The molecule has 0 atom stereocenters. The lowest BCUT2D eigenvalue weighted by Crippen LogP contribution is -2.11. The van der Waals surface area contributed by atoms with Crippen LogP contribution in [-0.2, 0) is 0 Å². The Kier molecular flexibility index (Phi) is 3.13. The Labute approximate surface area is 136 Å². The zero-order chi connectivity index (χ0) is 16.7. The van der Waals surface area contributed by atoms with Gasteiger partial charge in [-0.15, -0.1) is 5.10 Å². The Morgan fingerprint density at radius 2 is 1.67 bits per heavy atom. The Morgan fingerprint density at radius 3 is 2.42 bits per heavy atom. The van der Waals surface area contributed by atoms with Crippen molar-refractivity contribution in [3.05, 3.63) is 60.4 Å². The van der Waals surface area contributed by atoms with Crippen LogP contribution in [0.25, 0.3) is 33.7 Å². The Bertz CT molecular complexity index is 1040. The molecule has 2 aromatic carbocycles. The van der Waals surface area contributed by atoms with Gasteiger partial charge in [0, 0.05) is 11.1 Å². The third-order valence-corrected chi connectivity index (χ3v) is 3.71. The number of fused-ring (bicyclic) bond motifs is 1. The van der Waals surface area contributed by atoms with E-state index in [1.807, 2.05) is 30.3 Å². The fourth-order valence-electron chi connectivity index (χ4n) is 2.62. The fraction of sp³-hybridized carbons (Fsp3) is 0. The highest BCUT2D eigenvalue weighted by Gasteiger charge is 2.18. The van der Waals surface area contributed by atoms with E-state index in [-0.39, 0.29) is 11.6 Å². The van der Waals surface area contributed by atoms with Crippen molar-refractivity contribution in [3.63, 3.8) is 0 Å². The SMILES string of the molecule is Nc1nc(-c2ccccc2)nc2c1c(-c1cccc(F)c1)nn2N. The number of benzene rings is 2. The molecule has 0 aliphatic heterocycles. The number of halogens is 1. The molecule has 0 spiro atoms. The van der Waals surface area contributed by atoms with Gasteiger partial charge >= 0.3 is 0 Å². The van der Waals surface area contributed by atoms with E-state index in [0.717, 1.165) is 10.4 Å². The summed E-state index contributed by atoms with van der Waals surface area (Å²) in [6.07, 6.45) is 0. The van der Waals surface area contributed by atoms with Crippen molar-refractivity contribution in [1.29, 1.82) is 0 Å². The predicted molar refractivity (Wildman–Crippen MR) is 90.7 cm³/mol. The largest absolute Gasteiger partial charge is 0.383 e. The van der Waals surface area contributed by atoms with Crippen molar-refractivity contribution >= 4 is 16.9 Å². The molecule has 4 rings (SSSR count). The summed E-state index contributed by atoms with van der Waals surface area (Å²) in [4.78, 5) is 9.96. The molecule has 0 aliphatic rings. The minimum absolute atomic E-state index is 0.245. The Morgan fingerprint density at radius 1 is 0.917 bits per heavy atom. The number of rotatable bonds is 2. The van der Waals surface area contributed by atoms with Crippen molar-refractivity contribution < 1.29 is 4.39 Å². The summed E-state index contributed by atoms with van der Waals surface area (Å²) in [5, 5.41) is 4.74. The number of anilines is 1. The third kappa shape index (κ3) is 2.23. The molecule has 118 valence electrons. The first-order valence-corrected chi connectivity index (χ1v) is 7.26. The smallest absolute Gasteiger partial charge is 0.186 e. The highest BCUT2D eigenvalue weighted by atomic mass is 19.1. The van der Waals surface area contributed by atoms with Gasteiger partial charge in [-0.05, 0) is 12.1 Å². The van der Waals surface area contributed by atoms with Crippen LogP contribution in [0.5, 0.6) is 0 Å². The molecule has 4 aromatic rings. The van der Waals surface area contributed by atoms with Gasteiger partial charge in [-0.25, -0.2) is 14.4 Å². The normalized spacial score (nSPS) is 11.0. The summed E-state index contributed by atoms with van der Waals surface area (Å²) in [5.74, 6) is 6.27. The van der Waals surface area contributed by atoms with Crippen LogP contribution in [-0.4, -0.2) is 19.9 Å². The van der Waals surface area contributed by atoms with E-state index in [4.69, 9.17) is 11.6 Å². The highest BCUT2D eigenvalue weighted by molar-refractivity contribution is 5.99. The van der Waals surface area contributed by atoms with Crippen molar-refractivity contribution in [2.24, 2.45) is 0 Å². The number of hydrogen-bond donors (Lipinski definition) is 2. The van der Waals surface area contributed by atoms with Crippen molar-refractivity contribution in [1.82, 2.24) is 19.9 Å². The van der Waals surface area contributed by atoms with Gasteiger partial charge in [-0.1, -0.05) is 42.5 Å². The minimum atomic E-state index is -0.368.